The minimum Gasteiger partial charge on any atom is -0.309 e. The van der Waals surface area contributed by atoms with Gasteiger partial charge >= 0.3 is 0 Å². The van der Waals surface area contributed by atoms with Gasteiger partial charge in [0.25, 0.3) is 0 Å². The lowest BCUT2D eigenvalue weighted by Crippen LogP contribution is -2.15. The Morgan fingerprint density at radius 3 is 1.68 bits per heavy atom. The van der Waals surface area contributed by atoms with Crippen LogP contribution in [0.5, 0.6) is 0 Å². The third-order valence-electron chi connectivity index (χ3n) is 12.8. The van der Waals surface area contributed by atoms with Gasteiger partial charge in [0.1, 0.15) is 0 Å². The average Bonchev–Trinajstić information content (AvgIpc) is 3.78. The number of hydrogen-bond donors (Lipinski definition) is 0. The summed E-state index contributed by atoms with van der Waals surface area (Å²) in [6.45, 7) is 4.70. The first-order valence-electron chi connectivity index (χ1n) is 21.3. The number of rotatable bonds is 6. The van der Waals surface area contributed by atoms with Crippen molar-refractivity contribution in [2.75, 3.05) is 0 Å². The Labute approximate surface area is 360 Å². The molecule has 292 valence electrons. The molecule has 9 aromatic carbocycles. The van der Waals surface area contributed by atoms with Gasteiger partial charge in [-0.25, -0.2) is 15.0 Å². The highest BCUT2D eigenvalue weighted by Crippen LogP contribution is 2.51. The van der Waals surface area contributed by atoms with Gasteiger partial charge in [-0.2, -0.15) is 0 Å². The maximum atomic E-state index is 5.28. The third-order valence-corrected chi connectivity index (χ3v) is 12.8. The number of nitrogens with zero attached hydrogens (tertiary/aromatic N) is 4. The first kappa shape index (κ1) is 35.9. The van der Waals surface area contributed by atoms with E-state index in [2.05, 4.69) is 206 Å². The zero-order valence-corrected chi connectivity index (χ0v) is 34.4. The van der Waals surface area contributed by atoms with Crippen LogP contribution in [0.4, 0.5) is 0 Å². The number of hydrogen-bond acceptors (Lipinski definition) is 3. The second-order valence-electron chi connectivity index (χ2n) is 16.9. The van der Waals surface area contributed by atoms with Gasteiger partial charge in [0.15, 0.2) is 17.5 Å². The molecule has 0 radical (unpaired) electrons. The van der Waals surface area contributed by atoms with Crippen molar-refractivity contribution >= 4 is 32.6 Å². The van der Waals surface area contributed by atoms with Crippen molar-refractivity contribution in [3.05, 3.63) is 217 Å². The highest BCUT2D eigenvalue weighted by atomic mass is 15.0. The summed E-state index contributed by atoms with van der Waals surface area (Å²) in [7, 11) is 0. The van der Waals surface area contributed by atoms with Crippen molar-refractivity contribution in [2.45, 2.75) is 19.3 Å². The van der Waals surface area contributed by atoms with Crippen LogP contribution in [0.15, 0.2) is 206 Å². The van der Waals surface area contributed by atoms with Gasteiger partial charge < -0.3 is 4.57 Å². The number of para-hydroxylation sites is 1. The van der Waals surface area contributed by atoms with E-state index in [9.17, 15) is 0 Å². The fraction of sp³-hybridized carbons (Fsp3) is 0.0517. The molecule has 0 saturated carbocycles. The van der Waals surface area contributed by atoms with E-state index in [1.165, 1.54) is 54.9 Å². The van der Waals surface area contributed by atoms with Crippen LogP contribution in [0, 0.1) is 0 Å². The van der Waals surface area contributed by atoms with Crippen LogP contribution in [0.1, 0.15) is 25.0 Å². The molecule has 2 heterocycles. The summed E-state index contributed by atoms with van der Waals surface area (Å²) in [5.41, 5.74) is 15.9. The minimum absolute atomic E-state index is 0.138. The molecule has 11 aromatic rings. The quantitative estimate of drug-likeness (QED) is 0.168. The second-order valence-corrected chi connectivity index (χ2v) is 16.9. The maximum absolute atomic E-state index is 5.28. The van der Waals surface area contributed by atoms with Crippen molar-refractivity contribution in [3.8, 4) is 73.2 Å². The summed E-state index contributed by atoms with van der Waals surface area (Å²) in [6.07, 6.45) is 0. The van der Waals surface area contributed by atoms with Gasteiger partial charge in [0, 0.05) is 38.6 Å². The standard InChI is InChI=1S/C58H40N4/c1-58(2)51-23-13-11-21-47(51)49-35-50-48-22-12-14-24-53(48)62(54(50)36-52(49)58)46-33-44(37-15-5-3-6-16-37)32-45(34-46)57-60-55(40-18-7-4-8-19-40)59-56(61-57)41-28-25-39(26-29-41)43-30-27-38-17-9-10-20-42(38)31-43/h3-36H,1-2H3. The van der Waals surface area contributed by atoms with E-state index in [1.807, 2.05) is 18.2 Å². The Balaban J connectivity index is 1.06. The smallest absolute Gasteiger partial charge is 0.164 e. The molecule has 1 aliphatic carbocycles. The van der Waals surface area contributed by atoms with Crippen LogP contribution in [0.25, 0.3) is 106 Å². The Morgan fingerprint density at radius 1 is 0.339 bits per heavy atom. The summed E-state index contributed by atoms with van der Waals surface area (Å²) < 4.78 is 2.44. The zero-order chi connectivity index (χ0) is 41.4. The van der Waals surface area contributed by atoms with Crippen LogP contribution in [0.3, 0.4) is 0 Å². The van der Waals surface area contributed by atoms with Gasteiger partial charge in [0.2, 0.25) is 0 Å². The molecular formula is C58H40N4. The Hall–Kier alpha value is -7.95. The maximum Gasteiger partial charge on any atom is 0.164 e. The lowest BCUT2D eigenvalue weighted by Gasteiger charge is -2.22. The number of aromatic nitrogens is 4. The van der Waals surface area contributed by atoms with Crippen LogP contribution in [-0.4, -0.2) is 19.5 Å². The van der Waals surface area contributed by atoms with Gasteiger partial charge in [-0.05, 0) is 97.7 Å². The van der Waals surface area contributed by atoms with Crippen LogP contribution in [0.2, 0.25) is 0 Å². The van der Waals surface area contributed by atoms with Crippen LogP contribution in [-0.2, 0) is 5.41 Å². The summed E-state index contributed by atoms with van der Waals surface area (Å²) in [4.78, 5) is 15.6. The number of benzene rings is 9. The molecule has 0 aliphatic heterocycles. The molecule has 0 N–H and O–H groups in total. The summed E-state index contributed by atoms with van der Waals surface area (Å²) in [6, 6.07) is 73.8. The van der Waals surface area contributed by atoms with Crippen molar-refractivity contribution in [1.82, 2.24) is 19.5 Å². The second kappa shape index (κ2) is 14.1. The predicted molar refractivity (Wildman–Crippen MR) is 256 cm³/mol. The van der Waals surface area contributed by atoms with Gasteiger partial charge in [-0.3, -0.25) is 0 Å². The van der Waals surface area contributed by atoms with Crippen molar-refractivity contribution in [2.24, 2.45) is 0 Å². The third kappa shape index (κ3) is 5.87. The summed E-state index contributed by atoms with van der Waals surface area (Å²) >= 11 is 0. The largest absolute Gasteiger partial charge is 0.309 e. The molecule has 0 amide bonds. The minimum atomic E-state index is -0.138. The molecule has 4 heteroatoms. The number of fused-ring (bicyclic) bond motifs is 7. The van der Waals surface area contributed by atoms with Gasteiger partial charge in [0.05, 0.1) is 11.0 Å². The van der Waals surface area contributed by atoms with Crippen LogP contribution < -0.4 is 0 Å². The van der Waals surface area contributed by atoms with E-state index in [4.69, 9.17) is 15.0 Å². The van der Waals surface area contributed by atoms with E-state index in [0.717, 1.165) is 44.6 Å². The molecule has 4 nitrogen and oxygen atoms in total. The monoisotopic (exact) mass is 792 g/mol. The highest BCUT2D eigenvalue weighted by molar-refractivity contribution is 6.12. The van der Waals surface area contributed by atoms with Gasteiger partial charge in [-0.1, -0.05) is 178 Å². The van der Waals surface area contributed by atoms with E-state index in [0.29, 0.717) is 17.5 Å². The van der Waals surface area contributed by atoms with Crippen molar-refractivity contribution in [3.63, 3.8) is 0 Å². The molecule has 1 aliphatic rings. The Bertz CT molecular complexity index is 3530. The zero-order valence-electron chi connectivity index (χ0n) is 34.4. The Kier molecular flexibility index (Phi) is 8.16. The molecule has 0 fully saturated rings. The van der Waals surface area contributed by atoms with E-state index >= 15 is 0 Å². The lowest BCUT2D eigenvalue weighted by molar-refractivity contribution is 0.661. The Morgan fingerprint density at radius 2 is 0.903 bits per heavy atom. The van der Waals surface area contributed by atoms with E-state index in [-0.39, 0.29) is 5.41 Å². The van der Waals surface area contributed by atoms with Crippen molar-refractivity contribution in [1.29, 1.82) is 0 Å². The molecule has 0 bridgehead atoms. The average molecular weight is 793 g/mol. The topological polar surface area (TPSA) is 43.6 Å². The summed E-state index contributed by atoms with van der Waals surface area (Å²) in [5, 5.41) is 4.91. The van der Waals surface area contributed by atoms with Crippen molar-refractivity contribution < 1.29 is 0 Å². The van der Waals surface area contributed by atoms with E-state index < -0.39 is 0 Å². The fourth-order valence-corrected chi connectivity index (χ4v) is 9.64. The fourth-order valence-electron chi connectivity index (χ4n) is 9.64. The van der Waals surface area contributed by atoms with Crippen LogP contribution >= 0.6 is 0 Å². The highest BCUT2D eigenvalue weighted by Gasteiger charge is 2.36. The predicted octanol–water partition coefficient (Wildman–Crippen LogP) is 14.8. The molecule has 0 unspecified atom stereocenters. The molecule has 0 atom stereocenters. The molecule has 2 aromatic heterocycles. The SMILES string of the molecule is CC1(C)c2ccccc2-c2cc3c4ccccc4n(-c4cc(-c5ccccc5)cc(-c5nc(-c6ccccc6)nc(-c6ccc(-c7ccc8ccccc8c7)cc6)n5)c4)c3cc21. The molecule has 12 rings (SSSR count). The normalized spacial score (nSPS) is 12.8. The molecule has 0 spiro atoms. The first-order chi connectivity index (χ1) is 30.5. The van der Waals surface area contributed by atoms with Gasteiger partial charge in [-0.15, -0.1) is 0 Å². The first-order valence-corrected chi connectivity index (χ1v) is 21.3. The molecule has 62 heavy (non-hydrogen) atoms. The molecular weight excluding hydrogens is 753 g/mol. The van der Waals surface area contributed by atoms with E-state index in [1.54, 1.807) is 0 Å². The summed E-state index contributed by atoms with van der Waals surface area (Å²) in [5.74, 6) is 1.87. The lowest BCUT2D eigenvalue weighted by atomic mass is 9.82. The molecule has 0 saturated heterocycles.